The van der Waals surface area contributed by atoms with Gasteiger partial charge in [0.05, 0.1) is 24.0 Å². The molecule has 0 radical (unpaired) electrons. The molecular weight excluding hydrogens is 433 g/mol. The van der Waals surface area contributed by atoms with Crippen molar-refractivity contribution in [3.05, 3.63) is 53.2 Å². The molecule has 0 saturated carbocycles. The zero-order valence-corrected chi connectivity index (χ0v) is 18.5. The van der Waals surface area contributed by atoms with Crippen molar-refractivity contribution < 1.29 is 18.0 Å². The van der Waals surface area contributed by atoms with Gasteiger partial charge < -0.3 is 0 Å². The highest BCUT2D eigenvalue weighted by Crippen LogP contribution is 2.34. The number of amides is 1. The van der Waals surface area contributed by atoms with Crippen LogP contribution in [0.2, 0.25) is 0 Å². The van der Waals surface area contributed by atoms with E-state index in [-0.39, 0.29) is 24.6 Å². The summed E-state index contributed by atoms with van der Waals surface area (Å²) in [5, 5.41) is 13.8. The van der Waals surface area contributed by atoms with Gasteiger partial charge in [0, 0.05) is 44.3 Å². The summed E-state index contributed by atoms with van der Waals surface area (Å²) in [6.07, 6.45) is -1.47. The number of aromatic nitrogens is 2. The van der Waals surface area contributed by atoms with Gasteiger partial charge in [0.25, 0.3) is 0 Å². The summed E-state index contributed by atoms with van der Waals surface area (Å²) in [6, 6.07) is 7.45. The SMILES string of the molecule is CC(C)N1CCN(CC(=O)N2CC=C(c3cccc(C(F)(F)F)c3)n3ncc(C#N)c32)CC1. The zero-order chi connectivity index (χ0) is 23.8. The van der Waals surface area contributed by atoms with E-state index in [1.807, 2.05) is 6.07 Å². The molecule has 0 aliphatic carbocycles. The summed E-state index contributed by atoms with van der Waals surface area (Å²) in [5.74, 6) is 0.115. The van der Waals surface area contributed by atoms with Crippen molar-refractivity contribution in [2.45, 2.75) is 26.1 Å². The number of carbonyl (C=O) groups is 1. The topological polar surface area (TPSA) is 68.4 Å². The minimum atomic E-state index is -4.47. The van der Waals surface area contributed by atoms with E-state index in [2.05, 4.69) is 28.7 Å². The normalized spacial score (nSPS) is 17.6. The molecule has 0 N–H and O–H groups in total. The van der Waals surface area contributed by atoms with Gasteiger partial charge in [-0.2, -0.15) is 23.5 Å². The summed E-state index contributed by atoms with van der Waals surface area (Å²) in [7, 11) is 0. The summed E-state index contributed by atoms with van der Waals surface area (Å²) >= 11 is 0. The standard InChI is InChI=1S/C23H25F3N6O/c1-16(2)30-10-8-29(9-11-30)15-21(33)31-7-6-20(32-22(31)18(13-27)14-28-32)17-4-3-5-19(12-17)23(24,25)26/h3-6,12,14,16H,7-11,15H2,1-2H3. The van der Waals surface area contributed by atoms with E-state index in [1.165, 1.54) is 21.8 Å². The van der Waals surface area contributed by atoms with Crippen molar-refractivity contribution in [1.29, 1.82) is 5.26 Å². The monoisotopic (exact) mass is 458 g/mol. The number of fused-ring (bicyclic) bond motifs is 1. The largest absolute Gasteiger partial charge is 0.416 e. The predicted molar refractivity (Wildman–Crippen MR) is 117 cm³/mol. The maximum absolute atomic E-state index is 13.2. The predicted octanol–water partition coefficient (Wildman–Crippen LogP) is 3.04. The Morgan fingerprint density at radius 2 is 1.94 bits per heavy atom. The van der Waals surface area contributed by atoms with Crippen LogP contribution < -0.4 is 4.90 Å². The second-order valence-electron chi connectivity index (χ2n) is 8.48. The Hall–Kier alpha value is -3.16. The van der Waals surface area contributed by atoms with E-state index in [0.29, 0.717) is 23.1 Å². The van der Waals surface area contributed by atoms with E-state index in [0.717, 1.165) is 38.3 Å². The molecule has 3 heterocycles. The van der Waals surface area contributed by atoms with Gasteiger partial charge in [-0.05, 0) is 32.1 Å². The molecule has 4 rings (SSSR count). The second-order valence-corrected chi connectivity index (χ2v) is 8.48. The number of halogens is 3. The highest BCUT2D eigenvalue weighted by Gasteiger charge is 2.33. The van der Waals surface area contributed by atoms with Crippen LogP contribution in [0.1, 0.15) is 30.5 Å². The molecular formula is C23H25F3N6O. The molecule has 174 valence electrons. The average Bonchev–Trinajstić information content (AvgIpc) is 3.22. The number of nitriles is 1. The van der Waals surface area contributed by atoms with Crippen molar-refractivity contribution in [2.24, 2.45) is 0 Å². The third-order valence-electron chi connectivity index (χ3n) is 6.10. The van der Waals surface area contributed by atoms with Crippen LogP contribution in [0.5, 0.6) is 0 Å². The molecule has 0 spiro atoms. The van der Waals surface area contributed by atoms with E-state index in [4.69, 9.17) is 0 Å². The third-order valence-corrected chi connectivity index (χ3v) is 6.10. The minimum Gasteiger partial charge on any atom is -0.298 e. The number of piperazine rings is 1. The Morgan fingerprint density at radius 1 is 1.21 bits per heavy atom. The molecule has 33 heavy (non-hydrogen) atoms. The first-order chi connectivity index (χ1) is 15.7. The molecule has 1 saturated heterocycles. The van der Waals surface area contributed by atoms with E-state index < -0.39 is 11.7 Å². The number of anilines is 1. The summed E-state index contributed by atoms with van der Waals surface area (Å²) < 4.78 is 41.0. The molecule has 0 atom stereocenters. The molecule has 7 nitrogen and oxygen atoms in total. The first kappa shape index (κ1) is 23.0. The molecule has 1 aromatic carbocycles. The fraction of sp³-hybridized carbons (Fsp3) is 0.435. The van der Waals surface area contributed by atoms with E-state index in [9.17, 15) is 23.2 Å². The maximum atomic E-state index is 13.2. The lowest BCUT2D eigenvalue weighted by molar-refractivity contribution is -0.137. The Labute approximate surface area is 190 Å². The fourth-order valence-corrected chi connectivity index (χ4v) is 4.24. The number of nitrogens with zero attached hydrogens (tertiary/aromatic N) is 6. The molecule has 0 bridgehead atoms. The van der Waals surface area contributed by atoms with Gasteiger partial charge in [0.15, 0.2) is 5.82 Å². The first-order valence-corrected chi connectivity index (χ1v) is 10.8. The van der Waals surface area contributed by atoms with E-state index >= 15 is 0 Å². The number of rotatable bonds is 4. The molecule has 2 aliphatic rings. The summed E-state index contributed by atoms with van der Waals surface area (Å²) in [5.41, 5.74) is 0.155. The van der Waals surface area contributed by atoms with Crippen LogP contribution >= 0.6 is 0 Å². The lowest BCUT2D eigenvalue weighted by Gasteiger charge is -2.37. The van der Waals surface area contributed by atoms with Gasteiger partial charge in [-0.25, -0.2) is 4.68 Å². The highest BCUT2D eigenvalue weighted by molar-refractivity contribution is 5.97. The van der Waals surface area contributed by atoms with E-state index in [1.54, 1.807) is 12.1 Å². The Kier molecular flexibility index (Phi) is 6.28. The van der Waals surface area contributed by atoms with Crippen LogP contribution in [-0.2, 0) is 11.0 Å². The molecule has 0 unspecified atom stereocenters. The molecule has 1 aromatic heterocycles. The van der Waals surface area contributed by atoms with Crippen LogP contribution in [0.3, 0.4) is 0 Å². The summed E-state index contributed by atoms with van der Waals surface area (Å²) in [4.78, 5) is 19.1. The van der Waals surface area contributed by atoms with Crippen LogP contribution in [-0.4, -0.2) is 70.8 Å². The van der Waals surface area contributed by atoms with Crippen molar-refractivity contribution in [3.63, 3.8) is 0 Å². The molecule has 2 aliphatic heterocycles. The quantitative estimate of drug-likeness (QED) is 0.705. The lowest BCUT2D eigenvalue weighted by atomic mass is 10.1. The number of hydrogen-bond acceptors (Lipinski definition) is 5. The molecule has 10 heteroatoms. The van der Waals surface area contributed by atoms with Gasteiger partial charge >= 0.3 is 6.18 Å². The molecule has 1 fully saturated rings. The van der Waals surface area contributed by atoms with Crippen LogP contribution in [0, 0.1) is 11.3 Å². The number of carbonyl (C=O) groups excluding carboxylic acids is 1. The zero-order valence-electron chi connectivity index (χ0n) is 18.5. The van der Waals surface area contributed by atoms with Crippen molar-refractivity contribution in [3.8, 4) is 6.07 Å². The number of hydrogen-bond donors (Lipinski definition) is 0. The molecule has 2 aromatic rings. The smallest absolute Gasteiger partial charge is 0.298 e. The third kappa shape index (κ3) is 4.65. The minimum absolute atomic E-state index is 0.150. The van der Waals surface area contributed by atoms with Gasteiger partial charge in [-0.3, -0.25) is 19.5 Å². The van der Waals surface area contributed by atoms with Crippen LogP contribution in [0.4, 0.5) is 19.0 Å². The van der Waals surface area contributed by atoms with Gasteiger partial charge in [0.2, 0.25) is 5.91 Å². The maximum Gasteiger partial charge on any atom is 0.416 e. The Bertz CT molecular complexity index is 1110. The van der Waals surface area contributed by atoms with Crippen molar-refractivity contribution in [2.75, 3.05) is 44.2 Å². The summed E-state index contributed by atoms with van der Waals surface area (Å²) in [6.45, 7) is 7.95. The first-order valence-electron chi connectivity index (χ1n) is 10.8. The van der Waals surface area contributed by atoms with Gasteiger partial charge in [-0.15, -0.1) is 0 Å². The van der Waals surface area contributed by atoms with Gasteiger partial charge in [0.1, 0.15) is 11.6 Å². The number of benzene rings is 1. The van der Waals surface area contributed by atoms with Crippen molar-refractivity contribution in [1.82, 2.24) is 19.6 Å². The van der Waals surface area contributed by atoms with Crippen LogP contribution in [0.25, 0.3) is 5.70 Å². The fourth-order valence-electron chi connectivity index (χ4n) is 4.24. The highest BCUT2D eigenvalue weighted by atomic mass is 19.4. The lowest BCUT2D eigenvalue weighted by Crippen LogP contribution is -2.52. The Morgan fingerprint density at radius 3 is 2.58 bits per heavy atom. The molecule has 1 amide bonds. The number of alkyl halides is 3. The van der Waals surface area contributed by atoms with Gasteiger partial charge in [-0.1, -0.05) is 12.1 Å². The Balaban J connectivity index is 1.58. The van der Waals surface area contributed by atoms with Crippen molar-refractivity contribution >= 4 is 17.4 Å². The average molecular weight is 458 g/mol. The second kappa shape index (κ2) is 9.00. The van der Waals surface area contributed by atoms with Crippen LogP contribution in [0.15, 0.2) is 36.5 Å².